The van der Waals surface area contributed by atoms with E-state index in [0.29, 0.717) is 20.8 Å². The first-order valence-electron chi connectivity index (χ1n) is 8.87. The maximum absolute atomic E-state index is 6.33. The van der Waals surface area contributed by atoms with Crippen LogP contribution in [0.2, 0.25) is 15.1 Å². The third kappa shape index (κ3) is 4.46. The summed E-state index contributed by atoms with van der Waals surface area (Å²) in [7, 11) is 0. The second-order valence-electron chi connectivity index (χ2n) is 6.48. The molecule has 0 spiro atoms. The van der Waals surface area contributed by atoms with Gasteiger partial charge in [-0.1, -0.05) is 82.5 Å². The molecule has 0 atom stereocenters. The smallest absolute Gasteiger partial charge is 0.196 e. The summed E-state index contributed by atoms with van der Waals surface area (Å²) in [5.74, 6) is 1.31. The zero-order chi connectivity index (χ0) is 20.4. The Balaban J connectivity index is 1.77. The Morgan fingerprint density at radius 2 is 1.55 bits per heavy atom. The number of thioether (sulfide) groups is 1. The van der Waals surface area contributed by atoms with Crippen LogP contribution in [0.3, 0.4) is 0 Å². The molecule has 7 heteroatoms. The first kappa shape index (κ1) is 20.3. The third-order valence-electron chi connectivity index (χ3n) is 4.42. The molecule has 4 aromatic rings. The number of rotatable bonds is 5. The van der Waals surface area contributed by atoms with Gasteiger partial charge in [-0.25, -0.2) is 0 Å². The number of hydrogen-bond acceptors (Lipinski definition) is 3. The van der Waals surface area contributed by atoms with Gasteiger partial charge in [-0.05, 0) is 48.9 Å². The highest BCUT2D eigenvalue weighted by molar-refractivity contribution is 7.98. The van der Waals surface area contributed by atoms with Crippen molar-refractivity contribution in [1.82, 2.24) is 14.8 Å². The number of nitrogens with zero attached hydrogens (tertiary/aromatic N) is 3. The highest BCUT2D eigenvalue weighted by Crippen LogP contribution is 2.34. The van der Waals surface area contributed by atoms with Crippen LogP contribution >= 0.6 is 46.6 Å². The van der Waals surface area contributed by atoms with E-state index in [0.717, 1.165) is 27.8 Å². The number of halogens is 3. The molecule has 0 N–H and O–H groups in total. The zero-order valence-corrected chi connectivity index (χ0v) is 18.5. The number of hydrogen-bond donors (Lipinski definition) is 0. The summed E-state index contributed by atoms with van der Waals surface area (Å²) < 4.78 is 2.03. The van der Waals surface area contributed by atoms with Crippen molar-refractivity contribution in [2.24, 2.45) is 0 Å². The van der Waals surface area contributed by atoms with E-state index < -0.39 is 0 Å². The van der Waals surface area contributed by atoms with Gasteiger partial charge in [-0.2, -0.15) is 0 Å². The molecule has 0 saturated heterocycles. The van der Waals surface area contributed by atoms with Crippen LogP contribution < -0.4 is 0 Å². The van der Waals surface area contributed by atoms with Crippen molar-refractivity contribution < 1.29 is 0 Å². The largest absolute Gasteiger partial charge is 0.270 e. The minimum absolute atomic E-state index is 0.581. The molecule has 3 aromatic carbocycles. The second-order valence-corrected chi connectivity index (χ2v) is 8.67. The van der Waals surface area contributed by atoms with E-state index in [1.54, 1.807) is 0 Å². The van der Waals surface area contributed by atoms with Crippen molar-refractivity contribution in [1.29, 1.82) is 0 Å². The lowest BCUT2D eigenvalue weighted by Gasteiger charge is -2.12. The summed E-state index contributed by atoms with van der Waals surface area (Å²) in [5, 5.41) is 11.6. The van der Waals surface area contributed by atoms with Crippen molar-refractivity contribution >= 4 is 46.6 Å². The van der Waals surface area contributed by atoms with E-state index in [-0.39, 0.29) is 0 Å². The molecule has 0 bridgehead atoms. The van der Waals surface area contributed by atoms with Crippen LogP contribution in [0.1, 0.15) is 11.1 Å². The van der Waals surface area contributed by atoms with Crippen LogP contribution in [0.25, 0.3) is 17.1 Å². The minimum atomic E-state index is 0.581. The van der Waals surface area contributed by atoms with Gasteiger partial charge in [0.15, 0.2) is 11.0 Å². The Morgan fingerprint density at radius 3 is 2.24 bits per heavy atom. The molecule has 3 nitrogen and oxygen atoms in total. The van der Waals surface area contributed by atoms with Gasteiger partial charge in [-0.15, -0.1) is 10.2 Å². The fourth-order valence-electron chi connectivity index (χ4n) is 2.91. The predicted molar refractivity (Wildman–Crippen MR) is 123 cm³/mol. The molecule has 0 unspecified atom stereocenters. The van der Waals surface area contributed by atoms with Crippen molar-refractivity contribution in [3.8, 4) is 17.1 Å². The van der Waals surface area contributed by atoms with Crippen molar-refractivity contribution in [3.63, 3.8) is 0 Å². The lowest BCUT2D eigenvalue weighted by Crippen LogP contribution is -2.00. The minimum Gasteiger partial charge on any atom is -0.270 e. The van der Waals surface area contributed by atoms with E-state index in [1.165, 1.54) is 17.3 Å². The SMILES string of the molecule is Cc1ccc(-n2c(SCc3c(Cl)cccc3Cl)nnc2-c2cccc(Cl)c2)cc1. The molecule has 0 radical (unpaired) electrons. The lowest BCUT2D eigenvalue weighted by molar-refractivity contribution is 0.885. The maximum Gasteiger partial charge on any atom is 0.196 e. The average molecular weight is 461 g/mol. The molecule has 0 aliphatic heterocycles. The first-order chi connectivity index (χ1) is 14.0. The van der Waals surface area contributed by atoms with Gasteiger partial charge in [0.2, 0.25) is 0 Å². The fraction of sp³-hybridized carbons (Fsp3) is 0.0909. The molecule has 1 heterocycles. The topological polar surface area (TPSA) is 30.7 Å². The van der Waals surface area contributed by atoms with E-state index in [1.807, 2.05) is 47.0 Å². The highest BCUT2D eigenvalue weighted by Gasteiger charge is 2.17. The Morgan fingerprint density at radius 1 is 0.862 bits per heavy atom. The molecule has 29 heavy (non-hydrogen) atoms. The summed E-state index contributed by atoms with van der Waals surface area (Å²) in [6.45, 7) is 2.06. The molecule has 0 amide bonds. The van der Waals surface area contributed by atoms with Gasteiger partial charge >= 0.3 is 0 Å². The van der Waals surface area contributed by atoms with Crippen molar-refractivity contribution in [3.05, 3.63) is 92.9 Å². The van der Waals surface area contributed by atoms with Gasteiger partial charge in [0, 0.05) is 32.1 Å². The van der Waals surface area contributed by atoms with E-state index in [2.05, 4.69) is 41.4 Å². The van der Waals surface area contributed by atoms with Crippen LogP contribution in [-0.2, 0) is 5.75 Å². The Labute approximate surface area is 188 Å². The molecular weight excluding hydrogens is 445 g/mol. The quantitative estimate of drug-likeness (QED) is 0.289. The van der Waals surface area contributed by atoms with Crippen LogP contribution in [-0.4, -0.2) is 14.8 Å². The Bertz CT molecular complexity index is 1140. The molecule has 4 rings (SSSR count). The second kappa shape index (κ2) is 8.80. The van der Waals surface area contributed by atoms with Gasteiger partial charge in [0.05, 0.1) is 0 Å². The van der Waals surface area contributed by atoms with E-state index in [4.69, 9.17) is 34.8 Å². The van der Waals surface area contributed by atoms with Crippen LogP contribution in [0.4, 0.5) is 0 Å². The Kier molecular flexibility index (Phi) is 6.16. The number of aryl methyl sites for hydroxylation is 1. The zero-order valence-electron chi connectivity index (χ0n) is 15.4. The number of benzene rings is 3. The fourth-order valence-corrected chi connectivity index (χ4v) is 4.80. The van der Waals surface area contributed by atoms with Crippen LogP contribution in [0, 0.1) is 6.92 Å². The highest BCUT2D eigenvalue weighted by atomic mass is 35.5. The maximum atomic E-state index is 6.33. The summed E-state index contributed by atoms with van der Waals surface area (Å²) in [4.78, 5) is 0. The predicted octanol–water partition coefficient (Wildman–Crippen LogP) is 7.50. The monoisotopic (exact) mass is 459 g/mol. The van der Waals surface area contributed by atoms with Crippen molar-refractivity contribution in [2.75, 3.05) is 0 Å². The van der Waals surface area contributed by atoms with Gasteiger partial charge in [-0.3, -0.25) is 4.57 Å². The normalized spacial score (nSPS) is 11.0. The molecule has 0 fully saturated rings. The summed E-state index contributed by atoms with van der Waals surface area (Å²) in [6.07, 6.45) is 0. The van der Waals surface area contributed by atoms with Crippen LogP contribution in [0.5, 0.6) is 0 Å². The molecular formula is C22H16Cl3N3S. The molecule has 0 aliphatic carbocycles. The van der Waals surface area contributed by atoms with Gasteiger partial charge in [0.25, 0.3) is 0 Å². The summed E-state index contributed by atoms with van der Waals surface area (Å²) in [6, 6.07) is 21.4. The first-order valence-corrected chi connectivity index (χ1v) is 11.0. The third-order valence-corrected chi connectivity index (χ3v) is 6.31. The molecule has 0 saturated carbocycles. The summed E-state index contributed by atoms with van der Waals surface area (Å²) in [5.41, 5.74) is 3.93. The lowest BCUT2D eigenvalue weighted by atomic mass is 10.2. The average Bonchev–Trinajstić information content (AvgIpc) is 3.12. The van der Waals surface area contributed by atoms with Crippen LogP contribution in [0.15, 0.2) is 71.9 Å². The van der Waals surface area contributed by atoms with E-state index in [9.17, 15) is 0 Å². The summed E-state index contributed by atoms with van der Waals surface area (Å²) >= 11 is 20.4. The van der Waals surface area contributed by atoms with Gasteiger partial charge in [0.1, 0.15) is 0 Å². The van der Waals surface area contributed by atoms with Crippen molar-refractivity contribution in [2.45, 2.75) is 17.8 Å². The van der Waals surface area contributed by atoms with E-state index >= 15 is 0 Å². The number of aromatic nitrogens is 3. The Hall–Kier alpha value is -1.98. The van der Waals surface area contributed by atoms with Gasteiger partial charge < -0.3 is 0 Å². The molecule has 0 aliphatic rings. The molecule has 146 valence electrons. The molecule has 1 aromatic heterocycles. The standard InChI is InChI=1S/C22H16Cl3N3S/c1-14-8-10-17(11-9-14)28-21(15-4-2-5-16(23)12-15)26-27-22(28)29-13-18-19(24)6-3-7-20(18)25/h2-12H,13H2,1H3.